The van der Waals surface area contributed by atoms with Crippen LogP contribution in [0.15, 0.2) is 71.9 Å². The first-order chi connectivity index (χ1) is 18.6. The summed E-state index contributed by atoms with van der Waals surface area (Å²) >= 11 is 8.13. The number of rotatable bonds is 9. The van der Waals surface area contributed by atoms with Crippen LogP contribution in [0.2, 0.25) is 5.02 Å². The monoisotopic (exact) mass is 549 g/mol. The summed E-state index contributed by atoms with van der Waals surface area (Å²) in [6, 6.07) is 17.6. The summed E-state index contributed by atoms with van der Waals surface area (Å²) in [4.78, 5) is 5.31. The molecule has 38 heavy (non-hydrogen) atoms. The van der Waals surface area contributed by atoms with Crippen LogP contribution in [0.3, 0.4) is 0 Å². The Morgan fingerprint density at radius 2 is 1.74 bits per heavy atom. The van der Waals surface area contributed by atoms with Crippen molar-refractivity contribution in [3.8, 4) is 34.1 Å². The minimum atomic E-state index is -0.199. The Morgan fingerprint density at radius 3 is 2.55 bits per heavy atom. The SMILES string of the molecule is CSc1cncc(COc2cc(OCc3cccc(-c4ccc5c(c4)OCCO5)c3C)c(Cl)cc2CO)c1. The number of nitrogens with zero attached hydrogens (tertiary/aromatic N) is 1. The lowest BCUT2D eigenvalue weighted by Gasteiger charge is -2.20. The van der Waals surface area contributed by atoms with E-state index in [1.54, 1.807) is 30.1 Å². The van der Waals surface area contributed by atoms with Crippen molar-refractivity contribution in [3.63, 3.8) is 0 Å². The molecule has 5 rings (SSSR count). The van der Waals surface area contributed by atoms with Crippen LogP contribution in [0.4, 0.5) is 0 Å². The smallest absolute Gasteiger partial charge is 0.161 e. The average molecular weight is 550 g/mol. The normalized spacial score (nSPS) is 12.3. The van der Waals surface area contributed by atoms with Crippen molar-refractivity contribution < 1.29 is 24.1 Å². The van der Waals surface area contributed by atoms with Gasteiger partial charge in [-0.3, -0.25) is 4.98 Å². The second-order valence-corrected chi connectivity index (χ2v) is 10.1. The Balaban J connectivity index is 1.34. The van der Waals surface area contributed by atoms with E-state index in [2.05, 4.69) is 18.0 Å². The van der Waals surface area contributed by atoms with Gasteiger partial charge in [0.05, 0.1) is 11.6 Å². The van der Waals surface area contributed by atoms with Gasteiger partial charge in [0.15, 0.2) is 11.5 Å². The molecule has 0 radical (unpaired) electrons. The van der Waals surface area contributed by atoms with Crippen molar-refractivity contribution in [2.24, 2.45) is 0 Å². The highest BCUT2D eigenvalue weighted by atomic mass is 35.5. The Kier molecular flexibility index (Phi) is 8.27. The molecule has 0 fully saturated rings. The molecule has 2 heterocycles. The van der Waals surface area contributed by atoms with Gasteiger partial charge in [-0.15, -0.1) is 11.8 Å². The molecule has 0 saturated heterocycles. The number of fused-ring (bicyclic) bond motifs is 1. The number of aromatic nitrogens is 1. The predicted octanol–water partition coefficient (Wildman–Crippen LogP) is 6.85. The summed E-state index contributed by atoms with van der Waals surface area (Å²) in [7, 11) is 0. The van der Waals surface area contributed by atoms with Gasteiger partial charge >= 0.3 is 0 Å². The molecular weight excluding hydrogens is 522 g/mol. The fourth-order valence-corrected chi connectivity index (χ4v) is 4.96. The standard InChI is InChI=1S/C30H28ClNO5S/c1-19-22(4-3-5-25(19)21-6-7-27-30(12-21)35-9-8-34-27)18-37-29-13-28(23(16-33)11-26(29)31)36-17-20-10-24(38-2)15-32-14-20/h3-7,10-15,33H,8-9,16-18H2,1-2H3. The lowest BCUT2D eigenvalue weighted by molar-refractivity contribution is 0.171. The van der Waals surface area contributed by atoms with Gasteiger partial charge in [0.2, 0.25) is 0 Å². The highest BCUT2D eigenvalue weighted by molar-refractivity contribution is 7.98. The average Bonchev–Trinajstić information content (AvgIpc) is 2.96. The zero-order chi connectivity index (χ0) is 26.5. The zero-order valence-corrected chi connectivity index (χ0v) is 22.8. The van der Waals surface area contributed by atoms with E-state index in [1.807, 2.05) is 48.9 Å². The Hall–Kier alpha value is -3.39. The van der Waals surface area contributed by atoms with Crippen LogP contribution in [-0.2, 0) is 19.8 Å². The van der Waals surface area contributed by atoms with Crippen LogP contribution < -0.4 is 18.9 Å². The van der Waals surface area contributed by atoms with Crippen molar-refractivity contribution in [2.75, 3.05) is 19.5 Å². The Bertz CT molecular complexity index is 1440. The lowest BCUT2D eigenvalue weighted by atomic mass is 9.96. The zero-order valence-electron chi connectivity index (χ0n) is 21.2. The molecule has 0 aliphatic carbocycles. The van der Waals surface area contributed by atoms with E-state index in [9.17, 15) is 5.11 Å². The molecule has 1 aliphatic heterocycles. The van der Waals surface area contributed by atoms with Crippen LogP contribution in [0.1, 0.15) is 22.3 Å². The summed E-state index contributed by atoms with van der Waals surface area (Å²) in [6.45, 7) is 3.62. The third kappa shape index (κ3) is 5.85. The first-order valence-corrected chi connectivity index (χ1v) is 13.8. The number of aliphatic hydroxyl groups excluding tert-OH is 1. The lowest BCUT2D eigenvalue weighted by Crippen LogP contribution is -2.15. The molecule has 0 spiro atoms. The first kappa shape index (κ1) is 26.2. The fraction of sp³-hybridized carbons (Fsp3) is 0.233. The van der Waals surface area contributed by atoms with Gasteiger partial charge in [-0.05, 0) is 59.7 Å². The first-order valence-electron chi connectivity index (χ1n) is 12.2. The molecule has 0 unspecified atom stereocenters. The second kappa shape index (κ2) is 12.0. The molecule has 0 amide bonds. The van der Waals surface area contributed by atoms with Crippen molar-refractivity contribution in [1.29, 1.82) is 0 Å². The maximum Gasteiger partial charge on any atom is 0.161 e. The summed E-state index contributed by atoms with van der Waals surface area (Å²) in [5.41, 5.74) is 5.80. The van der Waals surface area contributed by atoms with Gasteiger partial charge in [0, 0.05) is 34.5 Å². The maximum atomic E-state index is 9.86. The minimum absolute atomic E-state index is 0.199. The summed E-state index contributed by atoms with van der Waals surface area (Å²) in [5, 5.41) is 10.3. The highest BCUT2D eigenvalue weighted by Crippen LogP contribution is 2.37. The number of aliphatic hydroxyl groups is 1. The minimum Gasteiger partial charge on any atom is -0.488 e. The van der Waals surface area contributed by atoms with Gasteiger partial charge in [-0.2, -0.15) is 0 Å². The van der Waals surface area contributed by atoms with Gasteiger partial charge in [-0.25, -0.2) is 0 Å². The molecular formula is C30H28ClNO5S. The van der Waals surface area contributed by atoms with Crippen LogP contribution in [0.5, 0.6) is 23.0 Å². The molecule has 8 heteroatoms. The van der Waals surface area contributed by atoms with E-state index in [4.69, 9.17) is 30.5 Å². The summed E-state index contributed by atoms with van der Waals surface area (Å²) in [5.74, 6) is 2.53. The van der Waals surface area contributed by atoms with Crippen LogP contribution in [0, 0.1) is 6.92 Å². The van der Waals surface area contributed by atoms with E-state index < -0.39 is 0 Å². The molecule has 196 valence electrons. The molecule has 4 aromatic rings. The van der Waals surface area contributed by atoms with E-state index in [-0.39, 0.29) is 6.61 Å². The number of benzene rings is 3. The van der Waals surface area contributed by atoms with E-state index >= 15 is 0 Å². The van der Waals surface area contributed by atoms with Crippen molar-refractivity contribution >= 4 is 23.4 Å². The number of hydrogen-bond acceptors (Lipinski definition) is 7. The predicted molar refractivity (Wildman–Crippen MR) is 150 cm³/mol. The largest absolute Gasteiger partial charge is 0.488 e. The molecule has 0 atom stereocenters. The topological polar surface area (TPSA) is 70.0 Å². The second-order valence-electron chi connectivity index (χ2n) is 8.81. The van der Waals surface area contributed by atoms with Crippen molar-refractivity contribution in [1.82, 2.24) is 4.98 Å². The third-order valence-electron chi connectivity index (χ3n) is 6.37. The Morgan fingerprint density at radius 1 is 0.921 bits per heavy atom. The number of hydrogen-bond donors (Lipinski definition) is 1. The summed E-state index contributed by atoms with van der Waals surface area (Å²) in [6.07, 6.45) is 5.58. The quantitative estimate of drug-likeness (QED) is 0.229. The third-order valence-corrected chi connectivity index (χ3v) is 7.36. The number of halogens is 1. The van der Waals surface area contributed by atoms with E-state index in [0.717, 1.165) is 44.2 Å². The van der Waals surface area contributed by atoms with Gasteiger partial charge in [0.25, 0.3) is 0 Å². The number of pyridine rings is 1. The molecule has 1 aromatic heterocycles. The van der Waals surface area contributed by atoms with Crippen LogP contribution >= 0.6 is 23.4 Å². The van der Waals surface area contributed by atoms with E-state index in [1.165, 1.54) is 0 Å². The van der Waals surface area contributed by atoms with Crippen molar-refractivity contribution in [2.45, 2.75) is 31.6 Å². The van der Waals surface area contributed by atoms with Gasteiger partial charge in [0.1, 0.15) is 37.9 Å². The Labute approximate surface area is 231 Å². The number of thioether (sulfide) groups is 1. The van der Waals surface area contributed by atoms with Crippen LogP contribution in [-0.4, -0.2) is 29.6 Å². The highest BCUT2D eigenvalue weighted by Gasteiger charge is 2.16. The van der Waals surface area contributed by atoms with Gasteiger partial charge in [-0.1, -0.05) is 35.9 Å². The molecule has 1 N–H and O–H groups in total. The maximum absolute atomic E-state index is 9.86. The number of ether oxygens (including phenoxy) is 4. The van der Waals surface area contributed by atoms with E-state index in [0.29, 0.717) is 48.5 Å². The molecule has 3 aromatic carbocycles. The molecule has 1 aliphatic rings. The summed E-state index contributed by atoms with van der Waals surface area (Å²) < 4.78 is 23.6. The molecule has 6 nitrogen and oxygen atoms in total. The molecule has 0 saturated carbocycles. The van der Waals surface area contributed by atoms with Crippen LogP contribution in [0.25, 0.3) is 11.1 Å². The van der Waals surface area contributed by atoms with Crippen molar-refractivity contribution in [3.05, 3.63) is 94.3 Å². The van der Waals surface area contributed by atoms with Gasteiger partial charge < -0.3 is 24.1 Å². The molecule has 0 bridgehead atoms. The fourth-order valence-electron chi connectivity index (χ4n) is 4.28.